The Labute approximate surface area is 276 Å². The van der Waals surface area contributed by atoms with Crippen LogP contribution in [-0.2, 0) is 39.1 Å². The number of nitrogens with two attached hydrogens (primary N) is 1. The van der Waals surface area contributed by atoms with Gasteiger partial charge in [-0.2, -0.15) is 9.28 Å². The SMILES string of the molecule is CC(C)C(OCCC=O)OP(=O)(OC(CCCCN)C(=O)[N+]1(C(=O)O)CCC[C@H]1C)[C@@H](Cc1ccccc1)OC(=O)c1ccccc1. The maximum absolute atomic E-state index is 15.3. The number of aldehydes is 1. The number of rotatable bonds is 19. The molecule has 0 saturated carbocycles. The van der Waals surface area contributed by atoms with Crippen LogP contribution in [-0.4, -0.2) is 77.8 Å². The van der Waals surface area contributed by atoms with Crippen LogP contribution in [0.15, 0.2) is 60.7 Å². The van der Waals surface area contributed by atoms with Crippen LogP contribution in [0.25, 0.3) is 0 Å². The number of hydrogen-bond acceptors (Lipinski definition) is 10. The van der Waals surface area contributed by atoms with E-state index in [4.69, 9.17) is 24.3 Å². The largest absolute Gasteiger partial charge is 0.521 e. The Kier molecular flexibility index (Phi) is 14.9. The van der Waals surface area contributed by atoms with Crippen molar-refractivity contribution < 1.29 is 51.9 Å². The van der Waals surface area contributed by atoms with Crippen LogP contribution >= 0.6 is 7.60 Å². The highest BCUT2D eigenvalue weighted by molar-refractivity contribution is 7.54. The minimum Gasteiger partial charge on any atom is -0.445 e. The molecule has 258 valence electrons. The van der Waals surface area contributed by atoms with Gasteiger partial charge in [-0.1, -0.05) is 62.4 Å². The molecule has 0 bridgehead atoms. The number of carbonyl (C=O) groups excluding carboxylic acids is 3. The fourth-order valence-corrected chi connectivity index (χ4v) is 7.72. The first-order valence-electron chi connectivity index (χ1n) is 16.2. The molecule has 47 heavy (non-hydrogen) atoms. The predicted octanol–water partition coefficient (Wildman–Crippen LogP) is 5.93. The third-order valence-electron chi connectivity index (χ3n) is 8.26. The number of esters is 1. The van der Waals surface area contributed by atoms with Crippen molar-refractivity contribution in [2.45, 2.75) is 90.0 Å². The molecule has 6 atom stereocenters. The van der Waals surface area contributed by atoms with Crippen LogP contribution in [0.2, 0.25) is 0 Å². The van der Waals surface area contributed by atoms with Gasteiger partial charge in [0.1, 0.15) is 12.3 Å². The maximum Gasteiger partial charge on any atom is 0.521 e. The first kappa shape index (κ1) is 38.2. The van der Waals surface area contributed by atoms with Gasteiger partial charge >= 0.3 is 25.6 Å². The molecule has 2 aromatic carbocycles. The summed E-state index contributed by atoms with van der Waals surface area (Å²) in [5, 5.41) is 10.4. The molecule has 1 aliphatic rings. The van der Waals surface area contributed by atoms with E-state index < -0.39 is 60.2 Å². The molecule has 0 spiro atoms. The summed E-state index contributed by atoms with van der Waals surface area (Å²) in [7, 11) is -4.72. The van der Waals surface area contributed by atoms with Gasteiger partial charge in [0, 0.05) is 31.6 Å². The van der Waals surface area contributed by atoms with E-state index in [2.05, 4.69) is 0 Å². The number of ether oxygens (including phenoxy) is 2. The van der Waals surface area contributed by atoms with Gasteiger partial charge in [0.25, 0.3) is 0 Å². The molecule has 1 saturated heterocycles. The zero-order chi connectivity index (χ0) is 34.5. The van der Waals surface area contributed by atoms with Gasteiger partial charge in [-0.3, -0.25) is 13.6 Å². The smallest absolute Gasteiger partial charge is 0.445 e. The summed E-state index contributed by atoms with van der Waals surface area (Å²) >= 11 is 0. The molecule has 2 amide bonds. The Bertz CT molecular complexity index is 1360. The highest BCUT2D eigenvalue weighted by Crippen LogP contribution is 2.58. The van der Waals surface area contributed by atoms with Gasteiger partial charge in [-0.15, -0.1) is 0 Å². The molecule has 0 aromatic heterocycles. The van der Waals surface area contributed by atoms with Crippen molar-refractivity contribution in [1.82, 2.24) is 0 Å². The molecule has 1 aliphatic heterocycles. The number of hydrogen-bond donors (Lipinski definition) is 2. The van der Waals surface area contributed by atoms with Crippen molar-refractivity contribution in [3.63, 3.8) is 0 Å². The number of unbranched alkanes of at least 4 members (excludes halogenated alkanes) is 1. The van der Waals surface area contributed by atoms with Crippen LogP contribution in [0.5, 0.6) is 0 Å². The molecule has 3 rings (SSSR count). The Balaban J connectivity index is 2.15. The third kappa shape index (κ3) is 10.1. The highest BCUT2D eigenvalue weighted by Gasteiger charge is 2.57. The Hall–Kier alpha value is -3.25. The lowest BCUT2D eigenvalue weighted by Crippen LogP contribution is -2.62. The Morgan fingerprint density at radius 2 is 1.70 bits per heavy atom. The van der Waals surface area contributed by atoms with Gasteiger partial charge in [-0.05, 0) is 50.4 Å². The van der Waals surface area contributed by atoms with Crippen molar-refractivity contribution in [3.05, 3.63) is 71.8 Å². The van der Waals surface area contributed by atoms with E-state index in [1.165, 1.54) is 0 Å². The Morgan fingerprint density at radius 1 is 1.04 bits per heavy atom. The number of carbonyl (C=O) groups is 4. The monoisotopic (exact) mass is 675 g/mol. The molecular formula is C34H48N2O10P+. The standard InChI is InChI=1S/C34H47N2O10P/c1-25(2)33(43-23-13-22-37)46-47(42,30(24-27-15-6-4-7-16-27)44-32(39)28-17-8-5-9-18-28)45-29(19-10-11-20-35)31(38)36(34(40)41)21-12-14-26(36)3/h4-9,15-18,22,25-26,29-30,33H,10-14,19-21,23-24,35H2,1-3H3/p+1/t26-,29?,30+,33?,36?,47?/m1/s1. The van der Waals surface area contributed by atoms with Crippen molar-refractivity contribution in [2.24, 2.45) is 11.7 Å². The van der Waals surface area contributed by atoms with Crippen molar-refractivity contribution >= 4 is 31.9 Å². The fourth-order valence-electron chi connectivity index (χ4n) is 5.59. The summed E-state index contributed by atoms with van der Waals surface area (Å²) in [5.41, 5.74) is 6.57. The summed E-state index contributed by atoms with van der Waals surface area (Å²) in [4.78, 5) is 51.5. The molecule has 13 heteroatoms. The van der Waals surface area contributed by atoms with E-state index >= 15 is 4.57 Å². The van der Waals surface area contributed by atoms with Crippen molar-refractivity contribution in [2.75, 3.05) is 19.7 Å². The maximum atomic E-state index is 15.3. The van der Waals surface area contributed by atoms with Crippen LogP contribution in [0.3, 0.4) is 0 Å². The molecule has 4 unspecified atom stereocenters. The number of benzene rings is 2. The lowest BCUT2D eigenvalue weighted by molar-refractivity contribution is -0.794. The quantitative estimate of drug-likeness (QED) is 0.0452. The van der Waals surface area contributed by atoms with E-state index in [-0.39, 0.29) is 38.0 Å². The van der Waals surface area contributed by atoms with Crippen LogP contribution in [0.4, 0.5) is 4.79 Å². The number of nitrogens with zero attached hydrogens (tertiary/aromatic N) is 1. The lowest BCUT2D eigenvalue weighted by atomic mass is 10.1. The van der Waals surface area contributed by atoms with E-state index in [0.29, 0.717) is 44.1 Å². The zero-order valence-electron chi connectivity index (χ0n) is 27.4. The molecule has 1 fully saturated rings. The van der Waals surface area contributed by atoms with E-state index in [1.54, 1.807) is 81.4 Å². The summed E-state index contributed by atoms with van der Waals surface area (Å²) in [5.74, 6) is -3.54. The second kappa shape index (κ2) is 18.3. The molecule has 0 radical (unpaired) electrons. The topological polar surface area (TPSA) is 169 Å². The fraction of sp³-hybridized carbons (Fsp3) is 0.529. The van der Waals surface area contributed by atoms with Crippen LogP contribution < -0.4 is 5.73 Å². The first-order valence-corrected chi connectivity index (χ1v) is 17.8. The summed E-state index contributed by atoms with van der Waals surface area (Å²) in [6.07, 6.45) is -1.52. The molecule has 1 heterocycles. The normalized spacial score (nSPS) is 21.0. The molecule has 12 nitrogen and oxygen atoms in total. The number of amides is 2. The predicted molar refractivity (Wildman–Crippen MR) is 174 cm³/mol. The van der Waals surface area contributed by atoms with Gasteiger partial charge in [0.15, 0.2) is 12.4 Å². The number of likely N-dealkylation sites (tertiary alicyclic amines) is 1. The summed E-state index contributed by atoms with van der Waals surface area (Å²) < 4.78 is 38.6. The highest BCUT2D eigenvalue weighted by atomic mass is 31.2. The molecular weight excluding hydrogens is 627 g/mol. The van der Waals surface area contributed by atoms with Gasteiger partial charge in [0.2, 0.25) is 5.85 Å². The zero-order valence-corrected chi connectivity index (χ0v) is 28.3. The summed E-state index contributed by atoms with van der Waals surface area (Å²) in [6.45, 7) is 5.51. The molecule has 0 aliphatic carbocycles. The van der Waals surface area contributed by atoms with E-state index in [9.17, 15) is 24.3 Å². The van der Waals surface area contributed by atoms with Crippen molar-refractivity contribution in [1.29, 1.82) is 0 Å². The number of carboxylic acid groups (broad SMARTS) is 1. The lowest BCUT2D eigenvalue weighted by Gasteiger charge is -2.36. The second-order valence-electron chi connectivity index (χ2n) is 12.1. The third-order valence-corrected chi connectivity index (χ3v) is 10.3. The molecule has 3 N–H and O–H groups in total. The van der Waals surface area contributed by atoms with Crippen LogP contribution in [0, 0.1) is 5.92 Å². The number of imide groups is 1. The Morgan fingerprint density at radius 3 is 2.26 bits per heavy atom. The summed E-state index contributed by atoms with van der Waals surface area (Å²) in [6, 6.07) is 16.4. The molecule has 2 aromatic rings. The van der Waals surface area contributed by atoms with Gasteiger partial charge in [0.05, 0.1) is 18.7 Å². The average Bonchev–Trinajstić information content (AvgIpc) is 3.46. The van der Waals surface area contributed by atoms with E-state index in [1.807, 2.05) is 0 Å². The van der Waals surface area contributed by atoms with E-state index in [0.717, 1.165) is 0 Å². The minimum absolute atomic E-state index is 0.00637. The first-order chi connectivity index (χ1) is 22.5. The average molecular weight is 676 g/mol. The second-order valence-corrected chi connectivity index (χ2v) is 14.2. The van der Waals surface area contributed by atoms with Gasteiger partial charge < -0.3 is 25.1 Å². The number of quaternary nitrogens is 1. The van der Waals surface area contributed by atoms with Gasteiger partial charge in [-0.25, -0.2) is 9.59 Å². The van der Waals surface area contributed by atoms with Crippen LogP contribution in [0.1, 0.15) is 75.2 Å². The minimum atomic E-state index is -4.72. The van der Waals surface area contributed by atoms with Crippen molar-refractivity contribution in [3.8, 4) is 0 Å².